The Kier molecular flexibility index (Phi) is 4.95. The quantitative estimate of drug-likeness (QED) is 0.557. The summed E-state index contributed by atoms with van der Waals surface area (Å²) in [5, 5.41) is 11.9. The summed E-state index contributed by atoms with van der Waals surface area (Å²) < 4.78 is 6.96. The summed E-state index contributed by atoms with van der Waals surface area (Å²) in [6.07, 6.45) is 1.79. The zero-order chi connectivity index (χ0) is 19.5. The summed E-state index contributed by atoms with van der Waals surface area (Å²) in [4.78, 5) is 12.5. The van der Waals surface area contributed by atoms with E-state index in [-0.39, 0.29) is 5.91 Å². The summed E-state index contributed by atoms with van der Waals surface area (Å²) in [5.41, 5.74) is 2.95. The first-order valence-corrected chi connectivity index (χ1v) is 9.04. The summed E-state index contributed by atoms with van der Waals surface area (Å²) in [6, 6.07) is 18.4. The smallest absolute Gasteiger partial charge is 0.251 e. The van der Waals surface area contributed by atoms with Crippen LogP contribution in [-0.2, 0) is 6.54 Å². The number of halogens is 1. The van der Waals surface area contributed by atoms with Crippen molar-refractivity contribution in [3.05, 3.63) is 83.0 Å². The van der Waals surface area contributed by atoms with Gasteiger partial charge in [-0.05, 0) is 42.0 Å². The first-order valence-electron chi connectivity index (χ1n) is 8.66. The molecule has 0 unspecified atom stereocenters. The number of hydrogen-bond donors (Lipinski definition) is 1. The molecule has 0 atom stereocenters. The van der Waals surface area contributed by atoms with Crippen LogP contribution < -0.4 is 10.1 Å². The van der Waals surface area contributed by atoms with Gasteiger partial charge in [-0.15, -0.1) is 10.2 Å². The third-order valence-electron chi connectivity index (χ3n) is 4.37. The van der Waals surface area contributed by atoms with E-state index in [0.29, 0.717) is 28.6 Å². The van der Waals surface area contributed by atoms with Crippen LogP contribution in [0.15, 0.2) is 66.9 Å². The van der Waals surface area contributed by atoms with Gasteiger partial charge in [0.15, 0.2) is 11.5 Å². The van der Waals surface area contributed by atoms with Gasteiger partial charge in [0.2, 0.25) is 0 Å². The summed E-state index contributed by atoms with van der Waals surface area (Å²) in [7, 11) is 1.62. The van der Waals surface area contributed by atoms with Crippen molar-refractivity contribution >= 4 is 23.2 Å². The van der Waals surface area contributed by atoms with Crippen LogP contribution in [0.25, 0.3) is 17.0 Å². The molecule has 1 N–H and O–H groups in total. The largest absolute Gasteiger partial charge is 0.497 e. The number of fused-ring (bicyclic) bond motifs is 1. The average Bonchev–Trinajstić information content (AvgIpc) is 3.15. The standard InChI is InChI=1S/C21H17ClN4O2/c1-28-18-7-5-14(6-8-18)13-23-21(27)16-9-10-26-19(12-16)24-25-20(26)15-3-2-4-17(22)11-15/h2-12H,13H2,1H3,(H,23,27). The van der Waals surface area contributed by atoms with E-state index in [0.717, 1.165) is 16.9 Å². The Morgan fingerprint density at radius 1 is 1.11 bits per heavy atom. The second-order valence-electron chi connectivity index (χ2n) is 6.21. The van der Waals surface area contributed by atoms with Gasteiger partial charge in [0.05, 0.1) is 7.11 Å². The van der Waals surface area contributed by atoms with Gasteiger partial charge < -0.3 is 10.1 Å². The molecule has 0 saturated carbocycles. The van der Waals surface area contributed by atoms with Crippen molar-refractivity contribution in [1.29, 1.82) is 0 Å². The number of nitrogens with zero attached hydrogens (tertiary/aromatic N) is 3. The number of benzene rings is 2. The van der Waals surface area contributed by atoms with Gasteiger partial charge in [-0.25, -0.2) is 0 Å². The van der Waals surface area contributed by atoms with E-state index < -0.39 is 0 Å². The van der Waals surface area contributed by atoms with Crippen LogP contribution in [0.5, 0.6) is 5.75 Å². The highest BCUT2D eigenvalue weighted by Crippen LogP contribution is 2.22. The third-order valence-corrected chi connectivity index (χ3v) is 4.60. The molecule has 1 amide bonds. The third kappa shape index (κ3) is 3.68. The number of methoxy groups -OCH3 is 1. The van der Waals surface area contributed by atoms with Crippen molar-refractivity contribution in [3.8, 4) is 17.1 Å². The van der Waals surface area contributed by atoms with Crippen LogP contribution in [0.3, 0.4) is 0 Å². The number of ether oxygens (including phenoxy) is 1. The summed E-state index contributed by atoms with van der Waals surface area (Å²) >= 11 is 6.06. The van der Waals surface area contributed by atoms with E-state index in [2.05, 4.69) is 15.5 Å². The van der Waals surface area contributed by atoms with E-state index in [1.807, 2.05) is 46.9 Å². The van der Waals surface area contributed by atoms with Crippen molar-refractivity contribution in [2.75, 3.05) is 7.11 Å². The van der Waals surface area contributed by atoms with E-state index in [1.54, 1.807) is 31.5 Å². The second kappa shape index (κ2) is 7.70. The molecule has 4 rings (SSSR count). The highest BCUT2D eigenvalue weighted by molar-refractivity contribution is 6.30. The Morgan fingerprint density at radius 2 is 1.93 bits per heavy atom. The molecule has 0 spiro atoms. The molecule has 7 heteroatoms. The molecule has 140 valence electrons. The van der Waals surface area contributed by atoms with Crippen LogP contribution in [-0.4, -0.2) is 27.6 Å². The average molecular weight is 393 g/mol. The normalized spacial score (nSPS) is 10.8. The number of nitrogens with one attached hydrogen (secondary N) is 1. The van der Waals surface area contributed by atoms with Crippen molar-refractivity contribution < 1.29 is 9.53 Å². The Bertz CT molecular complexity index is 1140. The maximum atomic E-state index is 12.5. The lowest BCUT2D eigenvalue weighted by Gasteiger charge is -2.07. The first kappa shape index (κ1) is 18.0. The van der Waals surface area contributed by atoms with Gasteiger partial charge in [0.1, 0.15) is 5.75 Å². The molecule has 0 bridgehead atoms. The maximum absolute atomic E-state index is 12.5. The highest BCUT2D eigenvalue weighted by Gasteiger charge is 2.12. The lowest BCUT2D eigenvalue weighted by Crippen LogP contribution is -2.22. The highest BCUT2D eigenvalue weighted by atomic mass is 35.5. The molecular formula is C21H17ClN4O2. The zero-order valence-electron chi connectivity index (χ0n) is 15.1. The van der Waals surface area contributed by atoms with Crippen molar-refractivity contribution in [2.45, 2.75) is 6.54 Å². The molecule has 0 aliphatic carbocycles. The predicted octanol–water partition coefficient (Wildman–Crippen LogP) is 3.99. The SMILES string of the molecule is COc1ccc(CNC(=O)c2ccn3c(-c4cccc(Cl)c4)nnc3c2)cc1. The molecule has 0 aliphatic heterocycles. The van der Waals surface area contributed by atoms with E-state index in [1.165, 1.54) is 0 Å². The number of carbonyl (C=O) groups is 1. The molecule has 0 aliphatic rings. The summed E-state index contributed by atoms with van der Waals surface area (Å²) in [6.45, 7) is 0.425. The van der Waals surface area contributed by atoms with Crippen LogP contribution >= 0.6 is 11.6 Å². The molecule has 0 fully saturated rings. The van der Waals surface area contributed by atoms with Crippen molar-refractivity contribution in [1.82, 2.24) is 19.9 Å². The lowest BCUT2D eigenvalue weighted by molar-refractivity contribution is 0.0951. The Morgan fingerprint density at radius 3 is 2.68 bits per heavy atom. The monoisotopic (exact) mass is 392 g/mol. The topological polar surface area (TPSA) is 68.5 Å². The fourth-order valence-electron chi connectivity index (χ4n) is 2.88. The van der Waals surface area contributed by atoms with Gasteiger partial charge in [-0.2, -0.15) is 0 Å². The van der Waals surface area contributed by atoms with Crippen LogP contribution in [0.4, 0.5) is 0 Å². The van der Waals surface area contributed by atoms with Crippen molar-refractivity contribution in [3.63, 3.8) is 0 Å². The predicted molar refractivity (Wildman–Crippen MR) is 108 cm³/mol. The molecule has 2 heterocycles. The maximum Gasteiger partial charge on any atom is 0.251 e. The van der Waals surface area contributed by atoms with Crippen LogP contribution in [0.2, 0.25) is 5.02 Å². The Balaban J connectivity index is 1.52. The molecule has 0 radical (unpaired) electrons. The van der Waals surface area contributed by atoms with Crippen LogP contribution in [0, 0.1) is 0 Å². The fraction of sp³-hybridized carbons (Fsp3) is 0.0952. The van der Waals surface area contributed by atoms with E-state index in [9.17, 15) is 4.79 Å². The second-order valence-corrected chi connectivity index (χ2v) is 6.64. The number of carbonyl (C=O) groups excluding carboxylic acids is 1. The Hall–Kier alpha value is -3.38. The number of hydrogen-bond acceptors (Lipinski definition) is 4. The number of pyridine rings is 1. The van der Waals surface area contributed by atoms with Gasteiger partial charge in [0, 0.05) is 28.9 Å². The molecule has 0 saturated heterocycles. The minimum Gasteiger partial charge on any atom is -0.497 e. The van der Waals surface area contributed by atoms with E-state index >= 15 is 0 Å². The summed E-state index contributed by atoms with van der Waals surface area (Å²) in [5.74, 6) is 1.27. The van der Waals surface area contributed by atoms with Gasteiger partial charge in [0.25, 0.3) is 5.91 Å². The minimum absolute atomic E-state index is 0.175. The molecule has 2 aromatic heterocycles. The molecule has 28 heavy (non-hydrogen) atoms. The van der Waals surface area contributed by atoms with Gasteiger partial charge in [-0.1, -0.05) is 35.9 Å². The number of aromatic nitrogens is 3. The number of rotatable bonds is 5. The molecular weight excluding hydrogens is 376 g/mol. The number of amides is 1. The fourth-order valence-corrected chi connectivity index (χ4v) is 3.07. The lowest BCUT2D eigenvalue weighted by atomic mass is 10.2. The molecule has 2 aromatic carbocycles. The minimum atomic E-state index is -0.175. The van der Waals surface area contributed by atoms with Crippen LogP contribution in [0.1, 0.15) is 15.9 Å². The van der Waals surface area contributed by atoms with Crippen molar-refractivity contribution in [2.24, 2.45) is 0 Å². The van der Waals surface area contributed by atoms with Gasteiger partial charge >= 0.3 is 0 Å². The van der Waals surface area contributed by atoms with E-state index in [4.69, 9.17) is 16.3 Å². The van der Waals surface area contributed by atoms with Gasteiger partial charge in [-0.3, -0.25) is 9.20 Å². The zero-order valence-corrected chi connectivity index (χ0v) is 15.8. The molecule has 4 aromatic rings. The Labute approximate surface area is 166 Å². The first-order chi connectivity index (χ1) is 13.6. The molecule has 6 nitrogen and oxygen atoms in total.